The van der Waals surface area contributed by atoms with Crippen LogP contribution in [-0.4, -0.2) is 66.7 Å². The predicted octanol–water partition coefficient (Wildman–Crippen LogP) is 4.14. The first-order valence-electron chi connectivity index (χ1n) is 13.0. The van der Waals surface area contributed by atoms with Gasteiger partial charge in [-0.15, -0.1) is 0 Å². The lowest BCUT2D eigenvalue weighted by molar-refractivity contribution is -0.165. The molecule has 7 heteroatoms. The Bertz CT molecular complexity index is 596. The number of Topliss-reactive ketones (excluding diaryl/α,β-unsaturated/α-hetero) is 1. The number of aliphatic carboxylic acids is 1. The van der Waals surface area contributed by atoms with Gasteiger partial charge < -0.3 is 24.4 Å². The van der Waals surface area contributed by atoms with Crippen molar-refractivity contribution in [2.45, 2.75) is 114 Å². The minimum atomic E-state index is -0.961. The average molecular weight is 469 g/mol. The zero-order chi connectivity index (χ0) is 23.8. The zero-order valence-electron chi connectivity index (χ0n) is 20.5. The molecule has 2 N–H and O–H groups in total. The van der Waals surface area contributed by atoms with Gasteiger partial charge in [-0.2, -0.15) is 0 Å². The average Bonchev–Trinajstić information content (AvgIpc) is 2.86. The molecule has 3 aliphatic carbocycles. The fourth-order valence-corrected chi connectivity index (χ4v) is 6.77. The van der Waals surface area contributed by atoms with Crippen molar-refractivity contribution < 1.29 is 34.0 Å². The van der Waals surface area contributed by atoms with Crippen molar-refractivity contribution in [2.75, 3.05) is 20.8 Å². The highest BCUT2D eigenvalue weighted by Gasteiger charge is 2.51. The van der Waals surface area contributed by atoms with E-state index in [0.29, 0.717) is 12.2 Å². The van der Waals surface area contributed by atoms with Crippen molar-refractivity contribution in [3.8, 4) is 0 Å². The summed E-state index contributed by atoms with van der Waals surface area (Å²) in [4.78, 5) is 22.7. The van der Waals surface area contributed by atoms with Crippen LogP contribution in [0.3, 0.4) is 0 Å². The largest absolute Gasteiger partial charge is 0.481 e. The van der Waals surface area contributed by atoms with Gasteiger partial charge in [0.15, 0.2) is 5.78 Å². The van der Waals surface area contributed by atoms with Crippen LogP contribution in [0.2, 0.25) is 0 Å². The number of carboxylic acids is 1. The van der Waals surface area contributed by atoms with Crippen molar-refractivity contribution in [1.29, 1.82) is 0 Å². The first-order valence-corrected chi connectivity index (χ1v) is 13.0. The lowest BCUT2D eigenvalue weighted by atomic mass is 9.58. The quantitative estimate of drug-likeness (QED) is 0.470. The van der Waals surface area contributed by atoms with E-state index in [2.05, 4.69) is 0 Å². The summed E-state index contributed by atoms with van der Waals surface area (Å²) in [7, 11) is 3.56. The van der Waals surface area contributed by atoms with E-state index in [1.807, 2.05) is 0 Å². The molecule has 3 saturated carbocycles. The predicted molar refractivity (Wildman–Crippen MR) is 124 cm³/mol. The monoisotopic (exact) mass is 468 g/mol. The van der Waals surface area contributed by atoms with Gasteiger partial charge in [-0.1, -0.05) is 6.42 Å². The number of rotatable bonds is 11. The van der Waals surface area contributed by atoms with Crippen LogP contribution in [0.25, 0.3) is 0 Å². The van der Waals surface area contributed by atoms with Crippen LogP contribution < -0.4 is 0 Å². The van der Waals surface area contributed by atoms with E-state index in [9.17, 15) is 14.7 Å². The Hall–Kier alpha value is -1.02. The highest BCUT2D eigenvalue weighted by atomic mass is 16.5. The summed E-state index contributed by atoms with van der Waals surface area (Å²) in [5.74, 6) is -0.412. The van der Waals surface area contributed by atoms with E-state index < -0.39 is 11.6 Å². The number of carboxylic acid groups (broad SMARTS) is 1. The van der Waals surface area contributed by atoms with Crippen LogP contribution in [-0.2, 0) is 23.8 Å². The van der Waals surface area contributed by atoms with Crippen molar-refractivity contribution in [1.82, 2.24) is 0 Å². The van der Waals surface area contributed by atoms with Crippen LogP contribution in [0.1, 0.15) is 89.9 Å². The van der Waals surface area contributed by atoms with E-state index in [-0.39, 0.29) is 49.1 Å². The molecule has 0 amide bonds. The van der Waals surface area contributed by atoms with Gasteiger partial charge in [0.1, 0.15) is 6.61 Å². The number of carbonyl (C=O) groups is 2. The molecule has 2 unspecified atom stereocenters. The zero-order valence-corrected chi connectivity index (χ0v) is 20.5. The number of aliphatic hydroxyl groups is 1. The fourth-order valence-electron chi connectivity index (χ4n) is 6.77. The van der Waals surface area contributed by atoms with Gasteiger partial charge in [-0.25, -0.2) is 0 Å². The molecule has 0 spiro atoms. The first-order chi connectivity index (χ1) is 15.9. The van der Waals surface area contributed by atoms with Gasteiger partial charge >= 0.3 is 5.97 Å². The summed E-state index contributed by atoms with van der Waals surface area (Å²) >= 11 is 0. The molecule has 3 rings (SSSR count). The van der Waals surface area contributed by atoms with Crippen molar-refractivity contribution in [2.24, 2.45) is 17.8 Å². The summed E-state index contributed by atoms with van der Waals surface area (Å²) in [6.45, 7) is -0.0268. The molecular formula is C26H44O7. The Balaban J connectivity index is 1.66. The molecule has 7 nitrogen and oxygen atoms in total. The number of ether oxygens (including phenoxy) is 3. The van der Waals surface area contributed by atoms with Gasteiger partial charge in [0.2, 0.25) is 0 Å². The molecule has 3 fully saturated rings. The Morgan fingerprint density at radius 3 is 1.79 bits per heavy atom. The van der Waals surface area contributed by atoms with Crippen molar-refractivity contribution >= 4 is 11.8 Å². The molecule has 0 aromatic carbocycles. The molecule has 0 bridgehead atoms. The Kier molecular flexibility index (Phi) is 10.2. The summed E-state index contributed by atoms with van der Waals surface area (Å²) in [5.41, 5.74) is -0.716. The van der Waals surface area contributed by atoms with Gasteiger partial charge in [0.05, 0.1) is 30.3 Å². The second-order valence-corrected chi connectivity index (χ2v) is 10.5. The van der Waals surface area contributed by atoms with Crippen molar-refractivity contribution in [3.05, 3.63) is 0 Å². The van der Waals surface area contributed by atoms with E-state index in [1.54, 1.807) is 14.2 Å². The molecule has 33 heavy (non-hydrogen) atoms. The first kappa shape index (κ1) is 26.6. The van der Waals surface area contributed by atoms with E-state index in [0.717, 1.165) is 77.0 Å². The number of ketones is 1. The van der Waals surface area contributed by atoms with E-state index in [1.165, 1.54) is 0 Å². The smallest absolute Gasteiger partial charge is 0.303 e. The van der Waals surface area contributed by atoms with E-state index in [4.69, 9.17) is 19.3 Å². The van der Waals surface area contributed by atoms with Gasteiger partial charge in [0, 0.05) is 20.6 Å². The molecule has 0 aromatic rings. The topological polar surface area (TPSA) is 102 Å². The lowest BCUT2D eigenvalue weighted by Crippen LogP contribution is -2.55. The third kappa shape index (κ3) is 7.00. The SMILES string of the molecule is COC1CCC(C(O)(C2CCC(OC)CC2)C2CCCC(OCC(=O)CCC(=O)O)C2)CC1. The standard InChI is InChI=1S/C26H44O7/c1-31-22-11-6-18(7-12-22)26(30,19-8-13-23(32-2)14-9-19)20-4-3-5-24(16-20)33-17-21(27)10-15-25(28)29/h18-20,22-24,30H,3-17H2,1-2H3,(H,28,29). The van der Waals surface area contributed by atoms with Crippen LogP contribution in [0.5, 0.6) is 0 Å². The second-order valence-electron chi connectivity index (χ2n) is 10.5. The maximum absolute atomic E-state index is 12.5. The summed E-state index contributed by atoms with van der Waals surface area (Å²) in [6, 6.07) is 0. The summed E-state index contributed by atoms with van der Waals surface area (Å²) in [5, 5.41) is 21.3. The highest BCUT2D eigenvalue weighted by Crippen LogP contribution is 2.51. The van der Waals surface area contributed by atoms with Gasteiger partial charge in [-0.3, -0.25) is 9.59 Å². The number of hydrogen-bond acceptors (Lipinski definition) is 6. The molecule has 0 aromatic heterocycles. The second kappa shape index (κ2) is 12.6. The number of methoxy groups -OCH3 is 2. The van der Waals surface area contributed by atoms with Crippen molar-refractivity contribution in [3.63, 3.8) is 0 Å². The number of carbonyl (C=O) groups excluding carboxylic acids is 1. The Labute approximate surface area is 198 Å². The summed E-state index contributed by atoms with van der Waals surface area (Å²) in [6.07, 6.45) is 12.1. The maximum Gasteiger partial charge on any atom is 0.303 e. The molecule has 0 saturated heterocycles. The Morgan fingerprint density at radius 2 is 1.30 bits per heavy atom. The normalized spacial score (nSPS) is 35.0. The molecule has 3 aliphatic rings. The molecule has 2 atom stereocenters. The van der Waals surface area contributed by atoms with Gasteiger partial charge in [0.25, 0.3) is 0 Å². The van der Waals surface area contributed by atoms with Crippen LogP contribution >= 0.6 is 0 Å². The third-order valence-electron chi connectivity index (χ3n) is 8.70. The number of hydrogen-bond donors (Lipinski definition) is 2. The Morgan fingerprint density at radius 1 is 0.758 bits per heavy atom. The van der Waals surface area contributed by atoms with E-state index >= 15 is 0 Å². The molecule has 0 aliphatic heterocycles. The van der Waals surface area contributed by atoms with Crippen LogP contribution in [0, 0.1) is 17.8 Å². The minimum Gasteiger partial charge on any atom is -0.481 e. The minimum absolute atomic E-state index is 0.0148. The van der Waals surface area contributed by atoms with Crippen LogP contribution in [0.4, 0.5) is 0 Å². The molecule has 0 heterocycles. The fraction of sp³-hybridized carbons (Fsp3) is 0.923. The molecule has 190 valence electrons. The lowest BCUT2D eigenvalue weighted by Gasteiger charge is -2.52. The maximum atomic E-state index is 12.5. The molecular weight excluding hydrogens is 424 g/mol. The summed E-state index contributed by atoms with van der Waals surface area (Å²) < 4.78 is 17.1. The van der Waals surface area contributed by atoms with Crippen LogP contribution in [0.15, 0.2) is 0 Å². The highest BCUT2D eigenvalue weighted by molar-refractivity contribution is 5.83. The molecule has 0 radical (unpaired) electrons. The van der Waals surface area contributed by atoms with Gasteiger partial charge in [-0.05, 0) is 88.4 Å². The third-order valence-corrected chi connectivity index (χ3v) is 8.70.